The largest absolute Gasteiger partial charge is 0.496 e. The number of ether oxygens (including phenoxy) is 1. The van der Waals surface area contributed by atoms with E-state index in [1.54, 1.807) is 23.9 Å². The lowest BCUT2D eigenvalue weighted by atomic mass is 10.2. The normalized spacial score (nSPS) is 15.1. The maximum Gasteiger partial charge on any atom is 0.255 e. The first-order valence-electron chi connectivity index (χ1n) is 10.8. The lowest BCUT2D eigenvalue weighted by Gasteiger charge is -2.20. The molecule has 1 N–H and O–H groups in total. The van der Waals surface area contributed by atoms with Gasteiger partial charge in [0.2, 0.25) is 10.0 Å². The second-order valence-electron chi connectivity index (χ2n) is 7.72. The molecule has 1 aliphatic heterocycles. The zero-order valence-electron chi connectivity index (χ0n) is 18.5. The van der Waals surface area contributed by atoms with E-state index >= 15 is 0 Å². The highest BCUT2D eigenvalue weighted by Gasteiger charge is 2.27. The second kappa shape index (κ2) is 12.3. The van der Waals surface area contributed by atoms with Crippen LogP contribution in [0.3, 0.4) is 0 Å². The number of carbonyl (C=O) groups excluding carboxylic acids is 1. The van der Waals surface area contributed by atoms with Crippen LogP contribution in [0.2, 0.25) is 10.0 Å². The van der Waals surface area contributed by atoms with Crippen LogP contribution in [0.15, 0.2) is 41.3 Å². The Bertz CT molecular complexity index is 1070. The topological polar surface area (TPSA) is 75.7 Å². The molecule has 1 aliphatic rings. The molecule has 2 aromatic carbocycles. The van der Waals surface area contributed by atoms with E-state index in [1.807, 2.05) is 6.07 Å². The minimum atomic E-state index is -3.66. The number of rotatable bonds is 9. The molecule has 2 aromatic rings. The molecule has 0 saturated carbocycles. The zero-order chi connectivity index (χ0) is 23.8. The predicted octanol–water partition coefficient (Wildman–Crippen LogP) is 5.23. The van der Waals surface area contributed by atoms with Gasteiger partial charge in [0, 0.05) is 41.2 Å². The Hall–Kier alpha value is -1.45. The molecular weight excluding hydrogens is 503 g/mol. The Morgan fingerprint density at radius 1 is 1.09 bits per heavy atom. The Morgan fingerprint density at radius 3 is 2.48 bits per heavy atom. The van der Waals surface area contributed by atoms with E-state index < -0.39 is 10.0 Å². The highest BCUT2D eigenvalue weighted by molar-refractivity contribution is 7.98. The van der Waals surface area contributed by atoms with Gasteiger partial charge >= 0.3 is 0 Å². The van der Waals surface area contributed by atoms with Gasteiger partial charge in [-0.1, -0.05) is 42.1 Å². The number of nitrogens with zero attached hydrogens (tertiary/aromatic N) is 1. The summed E-state index contributed by atoms with van der Waals surface area (Å²) in [6.45, 7) is 1.43. The van der Waals surface area contributed by atoms with E-state index in [1.165, 1.54) is 29.6 Å². The molecule has 10 heteroatoms. The minimum Gasteiger partial charge on any atom is -0.496 e. The monoisotopic (exact) mass is 530 g/mol. The average Bonchev–Trinajstić information content (AvgIpc) is 3.10. The molecule has 0 aliphatic carbocycles. The van der Waals surface area contributed by atoms with E-state index in [0.29, 0.717) is 46.9 Å². The van der Waals surface area contributed by atoms with Crippen LogP contribution < -0.4 is 10.1 Å². The number of hydrogen-bond donors (Lipinski definition) is 1. The first-order chi connectivity index (χ1) is 15.8. The highest BCUT2D eigenvalue weighted by atomic mass is 35.5. The first kappa shape index (κ1) is 26.2. The maximum atomic E-state index is 13.1. The van der Waals surface area contributed by atoms with Gasteiger partial charge in [-0.25, -0.2) is 8.42 Å². The molecule has 1 fully saturated rings. The van der Waals surface area contributed by atoms with Gasteiger partial charge in [-0.15, -0.1) is 0 Å². The van der Waals surface area contributed by atoms with E-state index in [-0.39, 0.29) is 16.4 Å². The third-order valence-electron chi connectivity index (χ3n) is 5.42. The van der Waals surface area contributed by atoms with Crippen molar-refractivity contribution in [3.05, 3.63) is 57.6 Å². The van der Waals surface area contributed by atoms with Crippen molar-refractivity contribution in [1.29, 1.82) is 0 Å². The Labute approximate surface area is 210 Å². The van der Waals surface area contributed by atoms with Crippen molar-refractivity contribution in [3.63, 3.8) is 0 Å². The molecule has 0 atom stereocenters. The number of benzene rings is 2. The maximum absolute atomic E-state index is 13.1. The summed E-state index contributed by atoms with van der Waals surface area (Å²) in [5.74, 6) is 1.32. The number of nitrogens with one attached hydrogen (secondary N) is 1. The van der Waals surface area contributed by atoms with Crippen molar-refractivity contribution in [1.82, 2.24) is 9.62 Å². The molecule has 0 radical (unpaired) electrons. The molecule has 1 saturated heterocycles. The summed E-state index contributed by atoms with van der Waals surface area (Å²) in [6, 6.07) is 9.84. The van der Waals surface area contributed by atoms with Crippen LogP contribution in [0.5, 0.6) is 5.75 Å². The second-order valence-corrected chi connectivity index (χ2v) is 11.6. The predicted molar refractivity (Wildman–Crippen MR) is 135 cm³/mol. The fourth-order valence-corrected chi connectivity index (χ4v) is 6.57. The van der Waals surface area contributed by atoms with E-state index in [0.717, 1.165) is 31.2 Å². The number of carbonyl (C=O) groups is 1. The fraction of sp³-hybridized carbons (Fsp3) is 0.435. The van der Waals surface area contributed by atoms with E-state index in [9.17, 15) is 13.2 Å². The first-order valence-corrected chi connectivity index (χ1v) is 14.2. The standard InChI is InChI=1S/C23H28Cl2N2O4S2/c1-31-22-9-8-19(33(29,30)27-11-4-2-3-5-12-27)15-20(22)23(28)26-10-13-32-16-17-6-7-18(24)14-21(17)25/h6-9,14-15H,2-5,10-13,16H2,1H3,(H,26,28). The number of methoxy groups -OCH3 is 1. The summed E-state index contributed by atoms with van der Waals surface area (Å²) in [4.78, 5) is 12.9. The number of hydrogen-bond acceptors (Lipinski definition) is 5. The summed E-state index contributed by atoms with van der Waals surface area (Å²) in [6.07, 6.45) is 3.76. The lowest BCUT2D eigenvalue weighted by molar-refractivity contribution is 0.0953. The van der Waals surface area contributed by atoms with Crippen LogP contribution >= 0.6 is 35.0 Å². The van der Waals surface area contributed by atoms with Gasteiger partial charge in [-0.05, 0) is 48.7 Å². The quantitative estimate of drug-likeness (QED) is 0.449. The van der Waals surface area contributed by atoms with Crippen molar-refractivity contribution < 1.29 is 17.9 Å². The molecule has 180 valence electrons. The fourth-order valence-electron chi connectivity index (χ4n) is 3.61. The van der Waals surface area contributed by atoms with Crippen molar-refractivity contribution in [2.24, 2.45) is 0 Å². The Balaban J connectivity index is 1.62. The summed E-state index contributed by atoms with van der Waals surface area (Å²) in [7, 11) is -2.20. The zero-order valence-corrected chi connectivity index (χ0v) is 21.6. The molecule has 3 rings (SSSR count). The minimum absolute atomic E-state index is 0.113. The van der Waals surface area contributed by atoms with Crippen molar-refractivity contribution >= 4 is 50.9 Å². The van der Waals surface area contributed by atoms with Gasteiger partial charge in [-0.3, -0.25) is 4.79 Å². The molecule has 0 unspecified atom stereocenters. The van der Waals surface area contributed by atoms with E-state index in [4.69, 9.17) is 27.9 Å². The lowest BCUT2D eigenvalue weighted by Crippen LogP contribution is -2.32. The summed E-state index contributed by atoms with van der Waals surface area (Å²) in [5.41, 5.74) is 1.18. The van der Waals surface area contributed by atoms with Crippen LogP contribution in [-0.4, -0.2) is 51.1 Å². The molecule has 33 heavy (non-hydrogen) atoms. The van der Waals surface area contributed by atoms with Gasteiger partial charge in [0.05, 0.1) is 17.6 Å². The number of amides is 1. The SMILES string of the molecule is COc1ccc(S(=O)(=O)N2CCCCCC2)cc1C(=O)NCCSCc1ccc(Cl)cc1Cl. The summed E-state index contributed by atoms with van der Waals surface area (Å²) < 4.78 is 33.1. The van der Waals surface area contributed by atoms with Crippen molar-refractivity contribution in [2.75, 3.05) is 32.5 Å². The molecular formula is C23H28Cl2N2O4S2. The van der Waals surface area contributed by atoms with Gasteiger partial charge in [-0.2, -0.15) is 16.1 Å². The summed E-state index contributed by atoms with van der Waals surface area (Å²) in [5, 5.41) is 4.06. The van der Waals surface area contributed by atoms with Crippen LogP contribution in [0.25, 0.3) is 0 Å². The number of halogens is 2. The van der Waals surface area contributed by atoms with Gasteiger partial charge < -0.3 is 10.1 Å². The van der Waals surface area contributed by atoms with Gasteiger partial charge in [0.15, 0.2) is 0 Å². The summed E-state index contributed by atoms with van der Waals surface area (Å²) >= 11 is 13.7. The van der Waals surface area contributed by atoms with Crippen LogP contribution in [0.1, 0.15) is 41.6 Å². The van der Waals surface area contributed by atoms with E-state index in [2.05, 4.69) is 5.32 Å². The number of sulfonamides is 1. The van der Waals surface area contributed by atoms with Crippen molar-refractivity contribution in [2.45, 2.75) is 36.3 Å². The van der Waals surface area contributed by atoms with Crippen LogP contribution in [-0.2, 0) is 15.8 Å². The molecule has 1 amide bonds. The molecule has 6 nitrogen and oxygen atoms in total. The molecule has 0 aromatic heterocycles. The molecule has 0 spiro atoms. The third kappa shape index (κ3) is 7.02. The van der Waals surface area contributed by atoms with Gasteiger partial charge in [0.1, 0.15) is 5.75 Å². The van der Waals surface area contributed by atoms with Gasteiger partial charge in [0.25, 0.3) is 5.91 Å². The Kier molecular flexibility index (Phi) is 9.76. The number of thioether (sulfide) groups is 1. The smallest absolute Gasteiger partial charge is 0.255 e. The average molecular weight is 532 g/mol. The van der Waals surface area contributed by atoms with Crippen LogP contribution in [0, 0.1) is 0 Å². The third-order valence-corrected chi connectivity index (χ3v) is 8.91. The molecule has 0 bridgehead atoms. The Morgan fingerprint density at radius 2 is 1.82 bits per heavy atom. The van der Waals surface area contributed by atoms with Crippen LogP contribution in [0.4, 0.5) is 0 Å². The molecule has 1 heterocycles. The van der Waals surface area contributed by atoms with Crippen molar-refractivity contribution in [3.8, 4) is 5.75 Å². The highest BCUT2D eigenvalue weighted by Crippen LogP contribution is 2.27.